The second-order valence-electron chi connectivity index (χ2n) is 5.33. The largest absolute Gasteiger partial charge is 0.452 e. The Bertz CT molecular complexity index is 369. The van der Waals surface area contributed by atoms with Crippen LogP contribution in [0.5, 0.6) is 0 Å². The molecule has 3 nitrogen and oxygen atoms in total. The van der Waals surface area contributed by atoms with Crippen LogP contribution in [0.25, 0.3) is 0 Å². The van der Waals surface area contributed by atoms with E-state index in [0.29, 0.717) is 4.88 Å². The number of hydrogen-bond acceptors (Lipinski definition) is 3. The van der Waals surface area contributed by atoms with Gasteiger partial charge in [0.25, 0.3) is 0 Å². The molecule has 1 aliphatic heterocycles. The Morgan fingerprint density at radius 3 is 2.89 bits per heavy atom. The minimum Gasteiger partial charge on any atom is -0.452 e. The van der Waals surface area contributed by atoms with E-state index in [1.807, 2.05) is 24.4 Å². The molecule has 2 rings (SSSR count). The lowest BCUT2D eigenvalue weighted by Gasteiger charge is -2.29. The molecule has 0 saturated carbocycles. The van der Waals surface area contributed by atoms with Crippen LogP contribution in [0.2, 0.25) is 0 Å². The average molecular weight is 268 g/mol. The van der Waals surface area contributed by atoms with Gasteiger partial charge in [-0.1, -0.05) is 13.0 Å². The first-order valence-electron chi connectivity index (χ1n) is 6.73. The lowest BCUT2D eigenvalue weighted by Crippen LogP contribution is -3.14. The van der Waals surface area contributed by atoms with E-state index in [1.165, 1.54) is 37.3 Å². The van der Waals surface area contributed by atoms with Gasteiger partial charge in [-0.2, -0.15) is 0 Å². The molecule has 1 aliphatic rings. The van der Waals surface area contributed by atoms with Crippen molar-refractivity contribution in [3.63, 3.8) is 0 Å². The van der Waals surface area contributed by atoms with Crippen LogP contribution >= 0.6 is 11.3 Å². The van der Waals surface area contributed by atoms with Gasteiger partial charge in [-0.15, -0.1) is 11.3 Å². The number of thiophene rings is 1. The van der Waals surface area contributed by atoms with Gasteiger partial charge in [0.1, 0.15) is 17.5 Å². The van der Waals surface area contributed by atoms with Crippen molar-refractivity contribution in [2.75, 3.05) is 19.6 Å². The average Bonchev–Trinajstić information content (AvgIpc) is 2.85. The molecule has 0 aliphatic carbocycles. The topological polar surface area (TPSA) is 30.7 Å². The fourth-order valence-electron chi connectivity index (χ4n) is 2.46. The summed E-state index contributed by atoms with van der Waals surface area (Å²) in [7, 11) is 0. The van der Waals surface area contributed by atoms with Crippen molar-refractivity contribution in [1.82, 2.24) is 0 Å². The first-order valence-corrected chi connectivity index (χ1v) is 7.61. The summed E-state index contributed by atoms with van der Waals surface area (Å²) in [4.78, 5) is 14.1. The molecule has 0 spiro atoms. The Balaban J connectivity index is 1.75. The highest BCUT2D eigenvalue weighted by molar-refractivity contribution is 7.11. The standard InChI is InChI=1S/C14H21NO2S/c1-11-5-7-15(8-6-11)10-12(2)17-14(16)13-4-3-9-18-13/h3-4,9,11-12H,5-8,10H2,1-2H3/p+1/t12-/m1/s1. The van der Waals surface area contributed by atoms with Crippen LogP contribution in [0, 0.1) is 5.92 Å². The fraction of sp³-hybridized carbons (Fsp3) is 0.643. The van der Waals surface area contributed by atoms with Crippen LogP contribution in [-0.2, 0) is 4.74 Å². The van der Waals surface area contributed by atoms with Gasteiger partial charge in [-0.3, -0.25) is 0 Å². The number of likely N-dealkylation sites (tertiary alicyclic amines) is 1. The van der Waals surface area contributed by atoms with Crippen molar-refractivity contribution >= 4 is 17.3 Å². The molecule has 0 bridgehead atoms. The summed E-state index contributed by atoms with van der Waals surface area (Å²) in [6.45, 7) is 7.67. The zero-order valence-corrected chi connectivity index (χ0v) is 12.0. The third-order valence-electron chi connectivity index (χ3n) is 3.59. The maximum Gasteiger partial charge on any atom is 0.348 e. The number of nitrogens with one attached hydrogen (secondary N) is 1. The van der Waals surface area contributed by atoms with Crippen molar-refractivity contribution < 1.29 is 14.4 Å². The molecule has 1 aromatic heterocycles. The number of piperidine rings is 1. The molecular formula is C14H22NO2S+. The summed E-state index contributed by atoms with van der Waals surface area (Å²) < 4.78 is 5.47. The second-order valence-corrected chi connectivity index (χ2v) is 6.28. The van der Waals surface area contributed by atoms with Crippen LogP contribution in [0.3, 0.4) is 0 Å². The van der Waals surface area contributed by atoms with Crippen LogP contribution in [0.15, 0.2) is 17.5 Å². The first-order chi connectivity index (χ1) is 8.65. The molecule has 1 atom stereocenters. The third kappa shape index (κ3) is 3.82. The summed E-state index contributed by atoms with van der Waals surface area (Å²) in [5.74, 6) is 0.681. The fourth-order valence-corrected chi connectivity index (χ4v) is 3.06. The maximum atomic E-state index is 11.8. The van der Waals surface area contributed by atoms with E-state index in [4.69, 9.17) is 4.74 Å². The van der Waals surface area contributed by atoms with E-state index in [9.17, 15) is 4.79 Å². The van der Waals surface area contributed by atoms with Gasteiger partial charge in [0.15, 0.2) is 0 Å². The number of quaternary nitrogens is 1. The molecule has 1 aromatic rings. The molecule has 0 radical (unpaired) electrons. The molecule has 0 aromatic carbocycles. The highest BCUT2D eigenvalue weighted by Crippen LogP contribution is 2.11. The van der Waals surface area contributed by atoms with Crippen molar-refractivity contribution in [2.45, 2.75) is 32.8 Å². The van der Waals surface area contributed by atoms with Crippen LogP contribution in [0.1, 0.15) is 36.4 Å². The van der Waals surface area contributed by atoms with Crippen molar-refractivity contribution in [1.29, 1.82) is 0 Å². The molecule has 18 heavy (non-hydrogen) atoms. The zero-order chi connectivity index (χ0) is 13.0. The Hall–Kier alpha value is -0.870. The van der Waals surface area contributed by atoms with E-state index in [2.05, 4.69) is 6.92 Å². The lowest BCUT2D eigenvalue weighted by molar-refractivity contribution is -0.908. The van der Waals surface area contributed by atoms with Gasteiger partial charge >= 0.3 is 5.97 Å². The Kier molecular flexibility index (Phi) is 4.78. The summed E-state index contributed by atoms with van der Waals surface area (Å²) >= 11 is 1.44. The number of carbonyl (C=O) groups excluding carboxylic acids is 1. The molecule has 0 unspecified atom stereocenters. The summed E-state index contributed by atoms with van der Waals surface area (Å²) in [6, 6.07) is 3.69. The van der Waals surface area contributed by atoms with Gasteiger partial charge in [0, 0.05) is 0 Å². The minimum atomic E-state index is -0.178. The molecule has 100 valence electrons. The van der Waals surface area contributed by atoms with Crippen LogP contribution in [-0.4, -0.2) is 31.7 Å². The Morgan fingerprint density at radius 1 is 1.56 bits per heavy atom. The summed E-state index contributed by atoms with van der Waals surface area (Å²) in [5, 5.41) is 1.90. The Labute approximate surface area is 113 Å². The van der Waals surface area contributed by atoms with Crippen LogP contribution in [0.4, 0.5) is 0 Å². The van der Waals surface area contributed by atoms with Gasteiger partial charge in [-0.05, 0) is 37.1 Å². The van der Waals surface area contributed by atoms with E-state index < -0.39 is 0 Å². The third-order valence-corrected chi connectivity index (χ3v) is 4.44. The van der Waals surface area contributed by atoms with Crippen molar-refractivity contribution in [2.24, 2.45) is 5.92 Å². The molecule has 4 heteroatoms. The monoisotopic (exact) mass is 268 g/mol. The van der Waals surface area contributed by atoms with Gasteiger partial charge in [-0.25, -0.2) is 4.79 Å². The quantitative estimate of drug-likeness (QED) is 0.841. The number of carbonyl (C=O) groups is 1. The van der Waals surface area contributed by atoms with Crippen LogP contribution < -0.4 is 4.90 Å². The maximum absolute atomic E-state index is 11.8. The molecule has 1 saturated heterocycles. The summed E-state index contributed by atoms with van der Waals surface area (Å²) in [6.07, 6.45) is 2.59. The molecule has 0 amide bonds. The molecule has 1 N–H and O–H groups in total. The van der Waals surface area contributed by atoms with Crippen molar-refractivity contribution in [3.8, 4) is 0 Å². The summed E-state index contributed by atoms with van der Waals surface area (Å²) in [5.41, 5.74) is 0. The molecule has 1 fully saturated rings. The van der Waals surface area contributed by atoms with Gasteiger partial charge in [0.2, 0.25) is 0 Å². The SMILES string of the molecule is CC1CC[NH+](C[C@@H](C)OC(=O)c2cccs2)CC1. The smallest absolute Gasteiger partial charge is 0.348 e. The number of rotatable bonds is 4. The van der Waals surface area contributed by atoms with Gasteiger partial charge in [0.05, 0.1) is 13.1 Å². The predicted octanol–water partition coefficient (Wildman–Crippen LogP) is 1.61. The predicted molar refractivity (Wildman–Crippen MR) is 73.2 cm³/mol. The number of ether oxygens (including phenoxy) is 1. The van der Waals surface area contributed by atoms with Gasteiger partial charge < -0.3 is 9.64 Å². The Morgan fingerprint density at radius 2 is 2.28 bits per heavy atom. The molecule has 2 heterocycles. The lowest BCUT2D eigenvalue weighted by atomic mass is 9.99. The first kappa shape index (κ1) is 13.6. The van der Waals surface area contributed by atoms with E-state index in [0.717, 1.165) is 12.5 Å². The van der Waals surface area contributed by atoms with E-state index in [1.54, 1.807) is 4.90 Å². The van der Waals surface area contributed by atoms with Crippen molar-refractivity contribution in [3.05, 3.63) is 22.4 Å². The number of hydrogen-bond donors (Lipinski definition) is 1. The van der Waals surface area contributed by atoms with E-state index in [-0.39, 0.29) is 12.1 Å². The zero-order valence-electron chi connectivity index (χ0n) is 11.1. The van der Waals surface area contributed by atoms with E-state index >= 15 is 0 Å². The minimum absolute atomic E-state index is 0.00278. The molecular weight excluding hydrogens is 246 g/mol. The normalized spacial score (nSPS) is 25.7. The highest BCUT2D eigenvalue weighted by Gasteiger charge is 2.22. The second kappa shape index (κ2) is 6.34. The number of esters is 1. The highest BCUT2D eigenvalue weighted by atomic mass is 32.1.